The first kappa shape index (κ1) is 13.4. The SMILES string of the molecule is CCCc1nn(C)c(OCCc2ccccn2)c1N. The highest BCUT2D eigenvalue weighted by Gasteiger charge is 2.13. The number of nitrogens with two attached hydrogens (primary N) is 1. The summed E-state index contributed by atoms with van der Waals surface area (Å²) in [4.78, 5) is 4.26. The van der Waals surface area contributed by atoms with Crippen LogP contribution in [0, 0.1) is 0 Å². The first-order valence-corrected chi connectivity index (χ1v) is 6.56. The van der Waals surface area contributed by atoms with Crippen molar-refractivity contribution in [3.63, 3.8) is 0 Å². The van der Waals surface area contributed by atoms with E-state index in [9.17, 15) is 0 Å². The lowest BCUT2D eigenvalue weighted by Crippen LogP contribution is -2.07. The average molecular weight is 260 g/mol. The van der Waals surface area contributed by atoms with Crippen LogP contribution < -0.4 is 10.5 Å². The van der Waals surface area contributed by atoms with Gasteiger partial charge >= 0.3 is 0 Å². The van der Waals surface area contributed by atoms with E-state index in [4.69, 9.17) is 10.5 Å². The van der Waals surface area contributed by atoms with Crippen molar-refractivity contribution in [2.45, 2.75) is 26.2 Å². The fourth-order valence-electron chi connectivity index (χ4n) is 1.97. The Balaban J connectivity index is 1.96. The van der Waals surface area contributed by atoms with Crippen LogP contribution >= 0.6 is 0 Å². The van der Waals surface area contributed by atoms with Crippen LogP contribution in [0.15, 0.2) is 24.4 Å². The van der Waals surface area contributed by atoms with Crippen LogP contribution in [-0.4, -0.2) is 21.4 Å². The van der Waals surface area contributed by atoms with E-state index in [0.29, 0.717) is 18.2 Å². The molecule has 0 aliphatic heterocycles. The molecule has 2 aromatic rings. The molecular formula is C14H20N4O. The number of nitrogen functional groups attached to an aromatic ring is 1. The third-order valence-corrected chi connectivity index (χ3v) is 2.92. The van der Waals surface area contributed by atoms with Crippen molar-refractivity contribution in [3.05, 3.63) is 35.8 Å². The number of hydrogen-bond acceptors (Lipinski definition) is 4. The maximum absolute atomic E-state index is 6.05. The maximum atomic E-state index is 6.05. The Labute approximate surface area is 113 Å². The topological polar surface area (TPSA) is 66.0 Å². The van der Waals surface area contributed by atoms with E-state index in [2.05, 4.69) is 17.0 Å². The molecular weight excluding hydrogens is 240 g/mol. The van der Waals surface area contributed by atoms with Gasteiger partial charge in [-0.25, -0.2) is 4.68 Å². The molecule has 2 rings (SSSR count). The summed E-state index contributed by atoms with van der Waals surface area (Å²) in [5, 5.41) is 4.38. The fraction of sp³-hybridized carbons (Fsp3) is 0.429. The second-order valence-corrected chi connectivity index (χ2v) is 4.46. The summed E-state index contributed by atoms with van der Waals surface area (Å²) in [7, 11) is 1.85. The van der Waals surface area contributed by atoms with Crippen LogP contribution in [0.2, 0.25) is 0 Å². The minimum Gasteiger partial charge on any atom is -0.476 e. The standard InChI is InChI=1S/C14H20N4O/c1-3-6-12-13(15)14(18(2)17-12)19-10-8-11-7-4-5-9-16-11/h4-5,7,9H,3,6,8,10,15H2,1-2H3. The third kappa shape index (κ3) is 3.24. The van der Waals surface area contributed by atoms with Crippen LogP contribution in [0.1, 0.15) is 24.7 Å². The molecule has 0 spiro atoms. The number of pyridine rings is 1. The fourth-order valence-corrected chi connectivity index (χ4v) is 1.97. The van der Waals surface area contributed by atoms with Gasteiger partial charge in [0, 0.05) is 25.4 Å². The summed E-state index contributed by atoms with van der Waals surface area (Å²) in [6.45, 7) is 2.65. The molecule has 2 N–H and O–H groups in total. The van der Waals surface area contributed by atoms with E-state index in [1.54, 1.807) is 10.9 Å². The monoisotopic (exact) mass is 260 g/mol. The second-order valence-electron chi connectivity index (χ2n) is 4.46. The molecule has 0 saturated carbocycles. The lowest BCUT2D eigenvalue weighted by atomic mass is 10.2. The van der Waals surface area contributed by atoms with Crippen molar-refractivity contribution in [1.82, 2.24) is 14.8 Å². The molecule has 5 heteroatoms. The van der Waals surface area contributed by atoms with Gasteiger partial charge in [0.2, 0.25) is 5.88 Å². The van der Waals surface area contributed by atoms with Gasteiger partial charge in [-0.3, -0.25) is 4.98 Å². The molecule has 2 aromatic heterocycles. The van der Waals surface area contributed by atoms with E-state index in [-0.39, 0.29) is 0 Å². The first-order chi connectivity index (χ1) is 9.22. The Morgan fingerprint density at radius 1 is 1.32 bits per heavy atom. The van der Waals surface area contributed by atoms with Crippen LogP contribution in [0.4, 0.5) is 5.69 Å². The number of rotatable bonds is 6. The van der Waals surface area contributed by atoms with Crippen molar-refractivity contribution >= 4 is 5.69 Å². The van der Waals surface area contributed by atoms with Gasteiger partial charge < -0.3 is 10.5 Å². The summed E-state index contributed by atoms with van der Waals surface area (Å²) in [5.41, 5.74) is 8.63. The lowest BCUT2D eigenvalue weighted by Gasteiger charge is -2.06. The number of anilines is 1. The highest BCUT2D eigenvalue weighted by molar-refractivity contribution is 5.53. The summed E-state index contributed by atoms with van der Waals surface area (Å²) >= 11 is 0. The maximum Gasteiger partial charge on any atom is 0.235 e. The quantitative estimate of drug-likeness (QED) is 0.862. The average Bonchev–Trinajstić information content (AvgIpc) is 2.68. The van der Waals surface area contributed by atoms with Crippen molar-refractivity contribution in [1.29, 1.82) is 0 Å². The summed E-state index contributed by atoms with van der Waals surface area (Å²) in [6.07, 6.45) is 4.44. The van der Waals surface area contributed by atoms with Gasteiger partial charge in [0.05, 0.1) is 12.3 Å². The van der Waals surface area contributed by atoms with Gasteiger partial charge in [-0.2, -0.15) is 5.10 Å². The number of aryl methyl sites for hydroxylation is 2. The first-order valence-electron chi connectivity index (χ1n) is 6.56. The molecule has 0 bridgehead atoms. The zero-order valence-corrected chi connectivity index (χ0v) is 11.5. The predicted molar refractivity (Wildman–Crippen MR) is 75.1 cm³/mol. The van der Waals surface area contributed by atoms with E-state index >= 15 is 0 Å². The van der Waals surface area contributed by atoms with Gasteiger partial charge in [0.1, 0.15) is 5.69 Å². The van der Waals surface area contributed by atoms with Crippen LogP contribution in [-0.2, 0) is 19.9 Å². The molecule has 2 heterocycles. The normalized spacial score (nSPS) is 10.6. The van der Waals surface area contributed by atoms with Crippen LogP contribution in [0.5, 0.6) is 5.88 Å². The van der Waals surface area contributed by atoms with E-state index in [1.165, 1.54) is 0 Å². The molecule has 102 valence electrons. The van der Waals surface area contributed by atoms with Gasteiger partial charge in [-0.05, 0) is 18.6 Å². The van der Waals surface area contributed by atoms with Crippen LogP contribution in [0.25, 0.3) is 0 Å². The molecule has 0 aromatic carbocycles. The molecule has 0 fully saturated rings. The number of hydrogen-bond donors (Lipinski definition) is 1. The Bertz CT molecular complexity index is 522. The highest BCUT2D eigenvalue weighted by atomic mass is 16.5. The molecule has 0 aliphatic rings. The number of aromatic nitrogens is 3. The minimum absolute atomic E-state index is 0.548. The van der Waals surface area contributed by atoms with Crippen molar-refractivity contribution < 1.29 is 4.74 Å². The van der Waals surface area contributed by atoms with Crippen molar-refractivity contribution in [2.24, 2.45) is 7.05 Å². The Morgan fingerprint density at radius 3 is 2.84 bits per heavy atom. The van der Waals surface area contributed by atoms with Crippen LogP contribution in [0.3, 0.4) is 0 Å². The predicted octanol–water partition coefficient (Wildman–Crippen LogP) is 1.97. The van der Waals surface area contributed by atoms with Gasteiger partial charge in [-0.1, -0.05) is 19.4 Å². The van der Waals surface area contributed by atoms with E-state index in [0.717, 1.165) is 30.7 Å². The number of ether oxygens (including phenoxy) is 1. The van der Waals surface area contributed by atoms with Crippen molar-refractivity contribution in [2.75, 3.05) is 12.3 Å². The smallest absolute Gasteiger partial charge is 0.235 e. The minimum atomic E-state index is 0.548. The van der Waals surface area contributed by atoms with E-state index < -0.39 is 0 Å². The zero-order chi connectivity index (χ0) is 13.7. The second kappa shape index (κ2) is 6.22. The van der Waals surface area contributed by atoms with Crippen molar-refractivity contribution in [3.8, 4) is 5.88 Å². The summed E-state index contributed by atoms with van der Waals surface area (Å²) in [5.74, 6) is 0.652. The third-order valence-electron chi connectivity index (χ3n) is 2.92. The molecule has 0 saturated heterocycles. The van der Waals surface area contributed by atoms with Gasteiger partial charge in [0.25, 0.3) is 0 Å². The number of nitrogens with zero attached hydrogens (tertiary/aromatic N) is 3. The summed E-state index contributed by atoms with van der Waals surface area (Å²) in [6, 6.07) is 5.86. The van der Waals surface area contributed by atoms with Gasteiger partial charge in [-0.15, -0.1) is 0 Å². The molecule has 5 nitrogen and oxygen atoms in total. The molecule has 0 amide bonds. The Kier molecular flexibility index (Phi) is 4.39. The highest BCUT2D eigenvalue weighted by Crippen LogP contribution is 2.25. The molecule has 0 radical (unpaired) electrons. The van der Waals surface area contributed by atoms with E-state index in [1.807, 2.05) is 25.2 Å². The Morgan fingerprint density at radius 2 is 2.16 bits per heavy atom. The molecule has 0 unspecified atom stereocenters. The largest absolute Gasteiger partial charge is 0.476 e. The summed E-state index contributed by atoms with van der Waals surface area (Å²) < 4.78 is 7.44. The Hall–Kier alpha value is -2.04. The zero-order valence-electron chi connectivity index (χ0n) is 11.5. The molecule has 0 atom stereocenters. The molecule has 19 heavy (non-hydrogen) atoms. The lowest BCUT2D eigenvalue weighted by molar-refractivity contribution is 0.294. The molecule has 0 aliphatic carbocycles. The van der Waals surface area contributed by atoms with Gasteiger partial charge in [0.15, 0.2) is 0 Å².